The van der Waals surface area contributed by atoms with Crippen LogP contribution in [0.3, 0.4) is 0 Å². The minimum Gasteiger partial charge on any atom is -0.482 e. The predicted molar refractivity (Wildman–Crippen MR) is 96.9 cm³/mol. The highest BCUT2D eigenvalue weighted by atomic mass is 16.6. The van der Waals surface area contributed by atoms with Gasteiger partial charge in [0.2, 0.25) is 0 Å². The molecule has 130 valence electrons. The van der Waals surface area contributed by atoms with E-state index in [1.165, 1.54) is 6.92 Å². The van der Waals surface area contributed by atoms with Gasteiger partial charge in [0.15, 0.2) is 12.4 Å². The summed E-state index contributed by atoms with van der Waals surface area (Å²) in [6.07, 6.45) is 1.55. The average Bonchev–Trinajstić information content (AvgIpc) is 2.58. The first-order valence-corrected chi connectivity index (χ1v) is 8.01. The minimum absolute atomic E-state index is 0.00884. The molecule has 0 amide bonds. The molecule has 5 nitrogen and oxygen atoms in total. The van der Waals surface area contributed by atoms with Crippen molar-refractivity contribution in [3.63, 3.8) is 0 Å². The highest BCUT2D eigenvalue weighted by molar-refractivity contribution is 5.95. The zero-order valence-corrected chi connectivity index (χ0v) is 14.6. The average molecular weight is 339 g/mol. The van der Waals surface area contributed by atoms with E-state index in [-0.39, 0.29) is 18.5 Å². The SMILES string of the molecule is CC(=O)c1cccc(N=Cc2ccc(OCC(=O)OC(C)C)cc2)c1. The van der Waals surface area contributed by atoms with E-state index in [9.17, 15) is 9.59 Å². The molecule has 0 aliphatic carbocycles. The summed E-state index contributed by atoms with van der Waals surface area (Å²) >= 11 is 0. The van der Waals surface area contributed by atoms with E-state index in [1.807, 2.05) is 18.2 Å². The van der Waals surface area contributed by atoms with Crippen LogP contribution in [0.5, 0.6) is 5.75 Å². The first-order chi connectivity index (χ1) is 11.9. The van der Waals surface area contributed by atoms with Gasteiger partial charge in [-0.05, 0) is 62.7 Å². The van der Waals surface area contributed by atoms with Crippen LogP contribution < -0.4 is 4.74 Å². The van der Waals surface area contributed by atoms with Crippen LogP contribution in [0.1, 0.15) is 36.7 Å². The Labute approximate surface area is 147 Å². The van der Waals surface area contributed by atoms with Gasteiger partial charge in [-0.15, -0.1) is 0 Å². The molecule has 0 fully saturated rings. The van der Waals surface area contributed by atoms with E-state index >= 15 is 0 Å². The van der Waals surface area contributed by atoms with Gasteiger partial charge in [0.1, 0.15) is 5.75 Å². The molecule has 0 bridgehead atoms. The predicted octanol–water partition coefficient (Wildman–Crippen LogP) is 3.97. The maximum Gasteiger partial charge on any atom is 0.344 e. The van der Waals surface area contributed by atoms with E-state index in [1.54, 1.807) is 50.4 Å². The zero-order chi connectivity index (χ0) is 18.2. The van der Waals surface area contributed by atoms with Crippen molar-refractivity contribution in [2.45, 2.75) is 26.9 Å². The lowest BCUT2D eigenvalue weighted by atomic mass is 10.1. The van der Waals surface area contributed by atoms with E-state index in [0.29, 0.717) is 17.0 Å². The van der Waals surface area contributed by atoms with Crippen LogP contribution in [-0.2, 0) is 9.53 Å². The van der Waals surface area contributed by atoms with Gasteiger partial charge in [0.25, 0.3) is 0 Å². The van der Waals surface area contributed by atoms with Gasteiger partial charge < -0.3 is 9.47 Å². The molecule has 25 heavy (non-hydrogen) atoms. The highest BCUT2D eigenvalue weighted by Crippen LogP contribution is 2.16. The molecule has 0 atom stereocenters. The molecule has 2 aromatic carbocycles. The Bertz CT molecular complexity index is 764. The summed E-state index contributed by atoms with van der Waals surface area (Å²) in [4.78, 5) is 27.2. The largest absolute Gasteiger partial charge is 0.482 e. The molecular formula is C20H21NO4. The number of rotatable bonds is 7. The van der Waals surface area contributed by atoms with Crippen LogP contribution in [0.4, 0.5) is 5.69 Å². The van der Waals surface area contributed by atoms with Crippen molar-refractivity contribution in [1.29, 1.82) is 0 Å². The molecule has 0 aliphatic heterocycles. The summed E-state index contributed by atoms with van der Waals surface area (Å²) in [5.74, 6) is 0.192. The van der Waals surface area contributed by atoms with Crippen molar-refractivity contribution >= 4 is 23.7 Å². The number of ketones is 1. The van der Waals surface area contributed by atoms with Gasteiger partial charge in [-0.1, -0.05) is 12.1 Å². The summed E-state index contributed by atoms with van der Waals surface area (Å²) in [5, 5.41) is 0. The van der Waals surface area contributed by atoms with Crippen LogP contribution in [0.2, 0.25) is 0 Å². The molecular weight excluding hydrogens is 318 g/mol. The molecule has 0 spiro atoms. The van der Waals surface area contributed by atoms with E-state index in [4.69, 9.17) is 9.47 Å². The second-order valence-corrected chi connectivity index (χ2v) is 5.76. The Kier molecular flexibility index (Phi) is 6.46. The maximum atomic E-state index is 11.4. The van der Waals surface area contributed by atoms with Gasteiger partial charge >= 0.3 is 5.97 Å². The van der Waals surface area contributed by atoms with E-state index in [0.717, 1.165) is 5.56 Å². The number of Topliss-reactive ketones (excluding diaryl/α,β-unsaturated/α-hetero) is 1. The van der Waals surface area contributed by atoms with Crippen molar-refractivity contribution in [2.24, 2.45) is 4.99 Å². The van der Waals surface area contributed by atoms with Crippen molar-refractivity contribution < 1.29 is 19.1 Å². The van der Waals surface area contributed by atoms with Crippen LogP contribution >= 0.6 is 0 Å². The quantitative estimate of drug-likeness (QED) is 0.435. The van der Waals surface area contributed by atoms with Gasteiger partial charge in [-0.2, -0.15) is 0 Å². The summed E-state index contributed by atoms with van der Waals surface area (Å²) < 4.78 is 10.4. The van der Waals surface area contributed by atoms with Gasteiger partial charge in [0, 0.05) is 11.8 Å². The fraction of sp³-hybridized carbons (Fsp3) is 0.250. The fourth-order valence-corrected chi connectivity index (χ4v) is 2.04. The molecule has 0 aromatic heterocycles. The number of carbonyl (C=O) groups excluding carboxylic acids is 2. The monoisotopic (exact) mass is 339 g/mol. The van der Waals surface area contributed by atoms with Crippen molar-refractivity contribution in [3.05, 3.63) is 59.7 Å². The molecule has 2 aromatic rings. The van der Waals surface area contributed by atoms with Gasteiger partial charge in [-0.3, -0.25) is 9.79 Å². The number of esters is 1. The Morgan fingerprint density at radius 1 is 1.12 bits per heavy atom. The molecule has 0 heterocycles. The third-order valence-corrected chi connectivity index (χ3v) is 3.22. The number of hydrogen-bond donors (Lipinski definition) is 0. The van der Waals surface area contributed by atoms with E-state index < -0.39 is 5.97 Å². The molecule has 5 heteroatoms. The standard InChI is InChI=1S/C20H21NO4/c1-14(2)25-20(23)13-24-19-9-7-16(8-10-19)12-21-18-6-4-5-17(11-18)15(3)22/h4-12,14H,13H2,1-3H3. The fourth-order valence-electron chi connectivity index (χ4n) is 2.04. The summed E-state index contributed by atoms with van der Waals surface area (Å²) in [6.45, 7) is 4.98. The molecule has 2 rings (SSSR count). The number of carbonyl (C=O) groups is 2. The molecule has 0 N–H and O–H groups in total. The summed E-state index contributed by atoms with van der Waals surface area (Å²) in [7, 11) is 0. The van der Waals surface area contributed by atoms with Crippen LogP contribution in [-0.4, -0.2) is 30.7 Å². The summed E-state index contributed by atoms with van der Waals surface area (Å²) in [6, 6.07) is 14.3. The number of benzene rings is 2. The lowest BCUT2D eigenvalue weighted by Crippen LogP contribution is -2.18. The van der Waals surface area contributed by atoms with Crippen molar-refractivity contribution in [1.82, 2.24) is 0 Å². The smallest absolute Gasteiger partial charge is 0.344 e. The Balaban J connectivity index is 1.95. The topological polar surface area (TPSA) is 65.0 Å². The molecule has 0 radical (unpaired) electrons. The molecule has 0 unspecified atom stereocenters. The first-order valence-electron chi connectivity index (χ1n) is 8.01. The van der Waals surface area contributed by atoms with Gasteiger partial charge in [-0.25, -0.2) is 4.79 Å². The zero-order valence-electron chi connectivity index (χ0n) is 14.6. The number of aliphatic imine (C=N–C) groups is 1. The normalized spacial score (nSPS) is 10.9. The molecule has 0 saturated heterocycles. The molecule has 0 saturated carbocycles. The Hall–Kier alpha value is -2.95. The third kappa shape index (κ3) is 6.22. The lowest BCUT2D eigenvalue weighted by Gasteiger charge is -2.09. The Morgan fingerprint density at radius 3 is 2.48 bits per heavy atom. The number of nitrogens with zero attached hydrogens (tertiary/aromatic N) is 1. The first kappa shape index (κ1) is 18.4. The van der Waals surface area contributed by atoms with Crippen LogP contribution in [0, 0.1) is 0 Å². The third-order valence-electron chi connectivity index (χ3n) is 3.22. The van der Waals surface area contributed by atoms with E-state index in [2.05, 4.69) is 4.99 Å². The van der Waals surface area contributed by atoms with Crippen molar-refractivity contribution in [2.75, 3.05) is 6.61 Å². The lowest BCUT2D eigenvalue weighted by molar-refractivity contribution is -0.149. The van der Waals surface area contributed by atoms with Crippen LogP contribution in [0.25, 0.3) is 0 Å². The Morgan fingerprint density at radius 2 is 1.84 bits per heavy atom. The second kappa shape index (κ2) is 8.78. The second-order valence-electron chi connectivity index (χ2n) is 5.76. The van der Waals surface area contributed by atoms with Gasteiger partial charge in [0.05, 0.1) is 11.8 Å². The number of ether oxygens (including phenoxy) is 2. The maximum absolute atomic E-state index is 11.4. The molecule has 0 aliphatic rings. The van der Waals surface area contributed by atoms with Crippen molar-refractivity contribution in [3.8, 4) is 5.75 Å². The highest BCUT2D eigenvalue weighted by Gasteiger charge is 2.06. The minimum atomic E-state index is -0.397. The van der Waals surface area contributed by atoms with Crippen LogP contribution in [0.15, 0.2) is 53.5 Å². The number of hydrogen-bond acceptors (Lipinski definition) is 5. The summed E-state index contributed by atoms with van der Waals surface area (Å²) in [5.41, 5.74) is 2.22.